The topological polar surface area (TPSA) is 26.0 Å². The predicted molar refractivity (Wildman–Crippen MR) is 88.4 cm³/mol. The van der Waals surface area contributed by atoms with Gasteiger partial charge in [-0.3, -0.25) is 0 Å². The number of rotatable bonds is 3. The highest BCUT2D eigenvalue weighted by atomic mass is 79.9. The Bertz CT molecular complexity index is 561. The second-order valence-corrected chi connectivity index (χ2v) is 6.73. The van der Waals surface area contributed by atoms with Crippen molar-refractivity contribution < 1.29 is 0 Å². The maximum absolute atomic E-state index is 6.36. The Labute approximate surface area is 131 Å². The second kappa shape index (κ2) is 6.21. The molecule has 1 atom stereocenters. The van der Waals surface area contributed by atoms with E-state index in [0.29, 0.717) is 5.92 Å². The summed E-state index contributed by atoms with van der Waals surface area (Å²) in [5, 5.41) is 0. The molecule has 0 saturated heterocycles. The van der Waals surface area contributed by atoms with Crippen LogP contribution in [0.1, 0.15) is 42.5 Å². The lowest BCUT2D eigenvalue weighted by Crippen LogP contribution is -2.12. The van der Waals surface area contributed by atoms with Crippen LogP contribution in [0.15, 0.2) is 51.4 Å². The van der Waals surface area contributed by atoms with Gasteiger partial charge in [0.1, 0.15) is 0 Å². The quantitative estimate of drug-likeness (QED) is 0.757. The first kappa shape index (κ1) is 14.8. The molecule has 100 valence electrons. The van der Waals surface area contributed by atoms with Gasteiger partial charge in [-0.1, -0.05) is 70.0 Å². The first-order valence-corrected chi connectivity index (χ1v) is 7.88. The van der Waals surface area contributed by atoms with Crippen LogP contribution in [-0.2, 0) is 0 Å². The molecule has 0 heterocycles. The van der Waals surface area contributed by atoms with Gasteiger partial charge in [-0.2, -0.15) is 0 Å². The van der Waals surface area contributed by atoms with E-state index in [9.17, 15) is 0 Å². The van der Waals surface area contributed by atoms with Crippen LogP contribution in [0.5, 0.6) is 0 Å². The van der Waals surface area contributed by atoms with Crippen LogP contribution >= 0.6 is 31.9 Å². The van der Waals surface area contributed by atoms with Gasteiger partial charge in [0.05, 0.1) is 6.04 Å². The second-order valence-electron chi connectivity index (χ2n) is 4.96. The number of hydrogen-bond acceptors (Lipinski definition) is 1. The molecule has 2 N–H and O–H groups in total. The van der Waals surface area contributed by atoms with Gasteiger partial charge < -0.3 is 5.73 Å². The molecule has 2 aromatic carbocycles. The Hall–Kier alpha value is -0.640. The molecule has 0 spiro atoms. The summed E-state index contributed by atoms with van der Waals surface area (Å²) < 4.78 is 2.08. The van der Waals surface area contributed by atoms with Crippen LogP contribution in [-0.4, -0.2) is 0 Å². The standard InChI is InChI=1S/C16H17Br2N/c1-10(2)11-3-5-12(6-4-11)16(19)14-9-13(17)7-8-15(14)18/h3-10,16H,19H2,1-2H3. The van der Waals surface area contributed by atoms with Crippen LogP contribution in [0, 0.1) is 0 Å². The first-order valence-electron chi connectivity index (χ1n) is 6.29. The molecule has 0 aliphatic carbocycles. The Kier molecular flexibility index (Phi) is 4.82. The minimum atomic E-state index is -0.118. The fourth-order valence-electron chi connectivity index (χ4n) is 2.02. The molecular weight excluding hydrogens is 366 g/mol. The van der Waals surface area contributed by atoms with Gasteiger partial charge in [-0.05, 0) is 40.8 Å². The van der Waals surface area contributed by atoms with Gasteiger partial charge in [0.25, 0.3) is 0 Å². The molecular formula is C16H17Br2N. The summed E-state index contributed by atoms with van der Waals surface area (Å²) in [6, 6.07) is 14.5. The Morgan fingerprint density at radius 2 is 1.47 bits per heavy atom. The lowest BCUT2D eigenvalue weighted by molar-refractivity contribution is 0.844. The molecule has 0 aliphatic heterocycles. The third-order valence-corrected chi connectivity index (χ3v) is 4.47. The van der Waals surface area contributed by atoms with Crippen LogP contribution in [0.25, 0.3) is 0 Å². The van der Waals surface area contributed by atoms with E-state index in [1.54, 1.807) is 0 Å². The lowest BCUT2D eigenvalue weighted by atomic mass is 9.96. The van der Waals surface area contributed by atoms with Crippen molar-refractivity contribution in [1.82, 2.24) is 0 Å². The minimum absolute atomic E-state index is 0.118. The number of halogens is 2. The molecule has 0 fully saturated rings. The minimum Gasteiger partial charge on any atom is -0.320 e. The summed E-state index contributed by atoms with van der Waals surface area (Å²) >= 11 is 7.06. The number of nitrogens with two attached hydrogens (primary N) is 1. The van der Waals surface area contributed by atoms with Gasteiger partial charge in [0, 0.05) is 8.95 Å². The molecule has 0 amide bonds. The molecule has 0 saturated carbocycles. The SMILES string of the molecule is CC(C)c1ccc(C(N)c2cc(Br)ccc2Br)cc1. The lowest BCUT2D eigenvalue weighted by Gasteiger charge is -2.16. The van der Waals surface area contributed by atoms with Gasteiger partial charge in [-0.25, -0.2) is 0 Å². The zero-order valence-electron chi connectivity index (χ0n) is 11.0. The molecule has 2 aromatic rings. The molecule has 1 unspecified atom stereocenters. The average Bonchev–Trinajstić information content (AvgIpc) is 2.41. The van der Waals surface area contributed by atoms with Crippen molar-refractivity contribution in [3.8, 4) is 0 Å². The highest BCUT2D eigenvalue weighted by Crippen LogP contribution is 2.30. The molecule has 3 heteroatoms. The highest BCUT2D eigenvalue weighted by molar-refractivity contribution is 9.11. The average molecular weight is 383 g/mol. The van der Waals surface area contributed by atoms with Crippen molar-refractivity contribution in [2.75, 3.05) is 0 Å². The zero-order chi connectivity index (χ0) is 14.0. The highest BCUT2D eigenvalue weighted by Gasteiger charge is 2.13. The van der Waals surface area contributed by atoms with Crippen LogP contribution in [0.3, 0.4) is 0 Å². The third-order valence-electron chi connectivity index (χ3n) is 3.26. The molecule has 19 heavy (non-hydrogen) atoms. The predicted octanol–water partition coefficient (Wildman–Crippen LogP) is 5.38. The van der Waals surface area contributed by atoms with Crippen molar-refractivity contribution in [1.29, 1.82) is 0 Å². The van der Waals surface area contributed by atoms with Crippen LogP contribution in [0.4, 0.5) is 0 Å². The van der Waals surface area contributed by atoms with Gasteiger partial charge in [0.2, 0.25) is 0 Å². The summed E-state index contributed by atoms with van der Waals surface area (Å²) in [4.78, 5) is 0. The van der Waals surface area contributed by atoms with Crippen molar-refractivity contribution >= 4 is 31.9 Å². The van der Waals surface area contributed by atoms with Crippen molar-refractivity contribution in [3.63, 3.8) is 0 Å². The molecule has 0 aliphatic rings. The molecule has 0 aromatic heterocycles. The summed E-state index contributed by atoms with van der Waals surface area (Å²) in [5.74, 6) is 0.544. The van der Waals surface area contributed by atoms with Gasteiger partial charge in [-0.15, -0.1) is 0 Å². The van der Waals surface area contributed by atoms with E-state index in [1.165, 1.54) is 5.56 Å². The van der Waals surface area contributed by atoms with E-state index in [0.717, 1.165) is 20.1 Å². The Morgan fingerprint density at radius 3 is 2.05 bits per heavy atom. The van der Waals surface area contributed by atoms with Crippen molar-refractivity contribution in [3.05, 3.63) is 68.1 Å². The summed E-state index contributed by atoms with van der Waals surface area (Å²) in [6.07, 6.45) is 0. The Morgan fingerprint density at radius 1 is 0.895 bits per heavy atom. The summed E-state index contributed by atoms with van der Waals surface area (Å²) in [5.41, 5.74) is 9.92. The third kappa shape index (κ3) is 3.47. The van der Waals surface area contributed by atoms with Gasteiger partial charge >= 0.3 is 0 Å². The first-order chi connectivity index (χ1) is 8.99. The van der Waals surface area contributed by atoms with E-state index in [4.69, 9.17) is 5.73 Å². The maximum atomic E-state index is 6.36. The monoisotopic (exact) mass is 381 g/mol. The van der Waals surface area contributed by atoms with E-state index >= 15 is 0 Å². The van der Waals surface area contributed by atoms with E-state index in [1.807, 2.05) is 12.1 Å². The van der Waals surface area contributed by atoms with Crippen molar-refractivity contribution in [2.24, 2.45) is 5.73 Å². The van der Waals surface area contributed by atoms with E-state index < -0.39 is 0 Å². The van der Waals surface area contributed by atoms with E-state index in [2.05, 4.69) is 76.0 Å². The summed E-state index contributed by atoms with van der Waals surface area (Å²) in [6.45, 7) is 4.39. The molecule has 1 nitrogen and oxygen atoms in total. The largest absolute Gasteiger partial charge is 0.320 e. The maximum Gasteiger partial charge on any atom is 0.0563 e. The van der Waals surface area contributed by atoms with Crippen LogP contribution in [0.2, 0.25) is 0 Å². The number of hydrogen-bond donors (Lipinski definition) is 1. The van der Waals surface area contributed by atoms with Crippen LogP contribution < -0.4 is 5.73 Å². The molecule has 2 rings (SSSR count). The number of benzene rings is 2. The molecule has 0 bridgehead atoms. The molecule has 0 radical (unpaired) electrons. The van der Waals surface area contributed by atoms with Crippen molar-refractivity contribution in [2.45, 2.75) is 25.8 Å². The zero-order valence-corrected chi connectivity index (χ0v) is 14.2. The van der Waals surface area contributed by atoms with Gasteiger partial charge in [0.15, 0.2) is 0 Å². The fourth-order valence-corrected chi connectivity index (χ4v) is 2.89. The smallest absolute Gasteiger partial charge is 0.0563 e. The van der Waals surface area contributed by atoms with E-state index in [-0.39, 0.29) is 6.04 Å². The Balaban J connectivity index is 2.33. The fraction of sp³-hybridized carbons (Fsp3) is 0.250. The normalized spacial score (nSPS) is 12.7. The summed E-state index contributed by atoms with van der Waals surface area (Å²) in [7, 11) is 0.